The first-order chi connectivity index (χ1) is 17.2. The largest absolute Gasteiger partial charge is 0.455 e. The summed E-state index contributed by atoms with van der Waals surface area (Å²) in [5.41, 5.74) is 6.50. The zero-order valence-corrected chi connectivity index (χ0v) is 19.9. The van der Waals surface area contributed by atoms with E-state index in [0.29, 0.717) is 11.0 Å². The first kappa shape index (κ1) is 21.6. The van der Waals surface area contributed by atoms with Crippen molar-refractivity contribution in [3.8, 4) is 33.7 Å². The molecule has 174 valence electrons. The minimum Gasteiger partial charge on any atom is -0.455 e. The van der Waals surface area contributed by atoms with Gasteiger partial charge < -0.3 is 8.98 Å². The molecular weight excluding hydrogens is 432 g/mol. The van der Waals surface area contributed by atoms with Crippen molar-refractivity contribution in [2.24, 2.45) is 7.05 Å². The summed E-state index contributed by atoms with van der Waals surface area (Å²) in [5, 5.41) is 0.618. The van der Waals surface area contributed by atoms with Gasteiger partial charge >= 0.3 is 0 Å². The van der Waals surface area contributed by atoms with Crippen LogP contribution >= 0.6 is 0 Å². The molecule has 0 N–H and O–H groups in total. The van der Waals surface area contributed by atoms with E-state index in [-0.39, 0.29) is 5.56 Å². The third kappa shape index (κ3) is 4.00. The van der Waals surface area contributed by atoms with Crippen LogP contribution in [0.4, 0.5) is 0 Å². The van der Waals surface area contributed by atoms with Crippen LogP contribution < -0.4 is 5.56 Å². The number of hydrogen-bond donors (Lipinski definition) is 0. The summed E-state index contributed by atoms with van der Waals surface area (Å²) in [6.07, 6.45) is 2.58. The summed E-state index contributed by atoms with van der Waals surface area (Å²) >= 11 is 0. The Kier molecular flexibility index (Phi) is 5.59. The molecular formula is C31H28N2O2. The van der Waals surface area contributed by atoms with Gasteiger partial charge in [0.2, 0.25) is 0 Å². The topological polar surface area (TPSA) is 38.4 Å². The van der Waals surface area contributed by atoms with Crippen molar-refractivity contribution in [3.05, 3.63) is 107 Å². The second-order valence-corrected chi connectivity index (χ2v) is 9.35. The molecule has 6 rings (SSSR count). The first-order valence-electron chi connectivity index (χ1n) is 12.3. The van der Waals surface area contributed by atoms with Gasteiger partial charge in [0.15, 0.2) is 0 Å². The molecule has 0 aliphatic carbocycles. The Hall–Kier alpha value is -3.89. The van der Waals surface area contributed by atoms with E-state index in [1.165, 1.54) is 31.5 Å². The fourth-order valence-corrected chi connectivity index (χ4v) is 5.19. The van der Waals surface area contributed by atoms with Gasteiger partial charge in [-0.15, -0.1) is 0 Å². The predicted molar refractivity (Wildman–Crippen MR) is 142 cm³/mol. The van der Waals surface area contributed by atoms with Gasteiger partial charge in [-0.3, -0.25) is 9.69 Å². The van der Waals surface area contributed by atoms with E-state index >= 15 is 0 Å². The molecule has 3 heterocycles. The lowest BCUT2D eigenvalue weighted by molar-refractivity contribution is 0.331. The van der Waals surface area contributed by atoms with E-state index < -0.39 is 0 Å². The van der Waals surface area contributed by atoms with E-state index in [9.17, 15) is 4.79 Å². The maximum absolute atomic E-state index is 13.8. The molecule has 0 saturated carbocycles. The molecule has 1 fully saturated rings. The zero-order chi connectivity index (χ0) is 23.8. The number of benzene rings is 3. The smallest absolute Gasteiger partial charge is 0.262 e. The summed E-state index contributed by atoms with van der Waals surface area (Å²) in [4.78, 5) is 16.3. The van der Waals surface area contributed by atoms with Crippen LogP contribution in [0.25, 0.3) is 44.7 Å². The summed E-state index contributed by atoms with van der Waals surface area (Å²) in [6.45, 7) is 3.34. The van der Waals surface area contributed by atoms with Crippen molar-refractivity contribution in [2.45, 2.75) is 19.4 Å². The maximum Gasteiger partial charge on any atom is 0.262 e. The van der Waals surface area contributed by atoms with Gasteiger partial charge in [0.25, 0.3) is 5.56 Å². The normalized spacial score (nSPS) is 14.1. The molecule has 0 amide bonds. The van der Waals surface area contributed by atoms with Crippen LogP contribution in [-0.2, 0) is 13.6 Å². The zero-order valence-electron chi connectivity index (χ0n) is 19.9. The fraction of sp³-hybridized carbons (Fsp3) is 0.194. The van der Waals surface area contributed by atoms with Gasteiger partial charge in [0.05, 0.1) is 11.1 Å². The van der Waals surface area contributed by atoms with E-state index in [4.69, 9.17) is 4.42 Å². The highest BCUT2D eigenvalue weighted by molar-refractivity contribution is 6.02. The second kappa shape index (κ2) is 9.05. The Bertz CT molecular complexity index is 1530. The van der Waals surface area contributed by atoms with Crippen molar-refractivity contribution in [1.82, 2.24) is 9.47 Å². The quantitative estimate of drug-likeness (QED) is 0.292. The number of pyridine rings is 1. The molecule has 1 aliphatic heterocycles. The molecule has 1 aliphatic rings. The lowest BCUT2D eigenvalue weighted by atomic mass is 9.98. The molecule has 5 aromatic rings. The SMILES string of the molecule is Cn1c(-c2ccc(CN3CCCC3)cc2)cc2oc(-c3ccccc3)c(-c3ccccc3)c2c1=O. The number of likely N-dealkylation sites (tertiary alicyclic amines) is 1. The van der Waals surface area contributed by atoms with Crippen molar-refractivity contribution >= 4 is 11.0 Å². The Labute approximate surface area is 205 Å². The van der Waals surface area contributed by atoms with E-state index in [1.807, 2.05) is 73.8 Å². The van der Waals surface area contributed by atoms with Crippen LogP contribution in [0.3, 0.4) is 0 Å². The standard InChI is InChI=1S/C31H28N2O2/c1-32-26(23-16-14-22(15-17-23)21-33-18-8-9-19-33)20-27-29(31(32)34)28(24-10-4-2-5-11-24)30(35-27)25-12-6-3-7-13-25/h2-7,10-17,20H,8-9,18-19,21H2,1H3. The van der Waals surface area contributed by atoms with Crippen LogP contribution in [0.2, 0.25) is 0 Å². The van der Waals surface area contributed by atoms with Gasteiger partial charge in [-0.25, -0.2) is 0 Å². The van der Waals surface area contributed by atoms with Gasteiger partial charge in [-0.1, -0.05) is 84.9 Å². The molecule has 0 atom stereocenters. The molecule has 4 heteroatoms. The average molecular weight is 461 g/mol. The summed E-state index contributed by atoms with van der Waals surface area (Å²) in [5.74, 6) is 0.724. The third-order valence-electron chi connectivity index (χ3n) is 7.04. The molecule has 0 spiro atoms. The van der Waals surface area contributed by atoms with Crippen molar-refractivity contribution < 1.29 is 4.42 Å². The Morgan fingerprint density at radius 2 is 1.40 bits per heavy atom. The molecule has 0 unspecified atom stereocenters. The van der Waals surface area contributed by atoms with Crippen molar-refractivity contribution in [1.29, 1.82) is 0 Å². The number of nitrogens with zero attached hydrogens (tertiary/aromatic N) is 2. The van der Waals surface area contributed by atoms with E-state index in [2.05, 4.69) is 29.2 Å². The number of rotatable bonds is 5. The van der Waals surface area contributed by atoms with Crippen LogP contribution in [0.1, 0.15) is 18.4 Å². The molecule has 35 heavy (non-hydrogen) atoms. The Morgan fingerprint density at radius 1 is 0.771 bits per heavy atom. The lowest BCUT2D eigenvalue weighted by Gasteiger charge is -2.15. The van der Waals surface area contributed by atoms with Gasteiger partial charge in [0.1, 0.15) is 11.3 Å². The number of fused-ring (bicyclic) bond motifs is 1. The monoisotopic (exact) mass is 460 g/mol. The van der Waals surface area contributed by atoms with E-state index in [0.717, 1.165) is 40.3 Å². The summed E-state index contributed by atoms with van der Waals surface area (Å²) < 4.78 is 8.17. The van der Waals surface area contributed by atoms with Crippen LogP contribution in [0, 0.1) is 0 Å². The number of aromatic nitrogens is 1. The molecule has 1 saturated heterocycles. The van der Waals surface area contributed by atoms with E-state index in [1.54, 1.807) is 4.57 Å². The summed E-state index contributed by atoms with van der Waals surface area (Å²) in [7, 11) is 1.85. The summed E-state index contributed by atoms with van der Waals surface area (Å²) in [6, 6.07) is 30.6. The molecule has 2 aromatic heterocycles. The van der Waals surface area contributed by atoms with Crippen LogP contribution in [0.5, 0.6) is 0 Å². The van der Waals surface area contributed by atoms with Crippen molar-refractivity contribution in [2.75, 3.05) is 13.1 Å². The molecule has 0 bridgehead atoms. The minimum atomic E-state index is -0.0524. The molecule has 3 aromatic carbocycles. The highest BCUT2D eigenvalue weighted by Gasteiger charge is 2.22. The number of hydrogen-bond acceptors (Lipinski definition) is 3. The second-order valence-electron chi connectivity index (χ2n) is 9.35. The minimum absolute atomic E-state index is 0.0524. The third-order valence-corrected chi connectivity index (χ3v) is 7.04. The van der Waals surface area contributed by atoms with Crippen molar-refractivity contribution in [3.63, 3.8) is 0 Å². The number of furan rings is 1. The molecule has 4 nitrogen and oxygen atoms in total. The Balaban J connectivity index is 1.49. The fourth-order valence-electron chi connectivity index (χ4n) is 5.19. The van der Waals surface area contributed by atoms with Gasteiger partial charge in [0, 0.05) is 30.8 Å². The predicted octanol–water partition coefficient (Wildman–Crippen LogP) is 6.73. The van der Waals surface area contributed by atoms with Gasteiger partial charge in [-0.05, 0) is 42.6 Å². The lowest BCUT2D eigenvalue weighted by Crippen LogP contribution is -2.19. The Morgan fingerprint density at radius 3 is 2.06 bits per heavy atom. The van der Waals surface area contributed by atoms with Crippen LogP contribution in [-0.4, -0.2) is 22.6 Å². The average Bonchev–Trinajstić information content (AvgIpc) is 3.56. The molecule has 0 radical (unpaired) electrons. The highest BCUT2D eigenvalue weighted by atomic mass is 16.3. The van der Waals surface area contributed by atoms with Gasteiger partial charge in [-0.2, -0.15) is 0 Å². The maximum atomic E-state index is 13.8. The first-order valence-corrected chi connectivity index (χ1v) is 12.3. The highest BCUT2D eigenvalue weighted by Crippen LogP contribution is 2.40. The van der Waals surface area contributed by atoms with Crippen LogP contribution in [0.15, 0.2) is 100 Å².